The van der Waals surface area contributed by atoms with E-state index in [1.165, 1.54) is 0 Å². The van der Waals surface area contributed by atoms with Gasteiger partial charge in [-0.25, -0.2) is 4.98 Å². The average Bonchev–Trinajstić information content (AvgIpc) is 3.31. The molecular formula is C25H25ClN4O4. The van der Waals surface area contributed by atoms with Gasteiger partial charge in [-0.15, -0.1) is 0 Å². The number of nitrogens with zero attached hydrogens (tertiary/aromatic N) is 4. The highest BCUT2D eigenvalue weighted by Gasteiger charge is 2.46. The number of halogens is 1. The van der Waals surface area contributed by atoms with Crippen molar-refractivity contribution in [3.8, 4) is 0 Å². The van der Waals surface area contributed by atoms with Crippen molar-refractivity contribution in [3.63, 3.8) is 0 Å². The first kappa shape index (κ1) is 22.6. The summed E-state index contributed by atoms with van der Waals surface area (Å²) in [6.07, 6.45) is 1.77. The third kappa shape index (κ3) is 3.98. The highest BCUT2D eigenvalue weighted by molar-refractivity contribution is 6.46. The number of imidazole rings is 1. The Morgan fingerprint density at radius 3 is 2.59 bits per heavy atom. The van der Waals surface area contributed by atoms with Gasteiger partial charge < -0.3 is 14.7 Å². The Labute approximate surface area is 202 Å². The number of likely N-dealkylation sites (tertiary alicyclic amines) is 1. The van der Waals surface area contributed by atoms with Gasteiger partial charge in [-0.1, -0.05) is 29.8 Å². The summed E-state index contributed by atoms with van der Waals surface area (Å²) >= 11 is 6.10. The van der Waals surface area contributed by atoms with Gasteiger partial charge >= 0.3 is 0 Å². The summed E-state index contributed by atoms with van der Waals surface area (Å²) < 4.78 is 7.14. The molecule has 8 nitrogen and oxygen atoms in total. The van der Waals surface area contributed by atoms with Gasteiger partial charge in [0.2, 0.25) is 0 Å². The lowest BCUT2D eigenvalue weighted by Gasteiger charge is -2.31. The topological polar surface area (TPSA) is 87.4 Å². The van der Waals surface area contributed by atoms with E-state index in [0.29, 0.717) is 53.9 Å². The van der Waals surface area contributed by atoms with Crippen LogP contribution < -0.4 is 0 Å². The third-order valence-corrected chi connectivity index (χ3v) is 6.67. The summed E-state index contributed by atoms with van der Waals surface area (Å²) in [7, 11) is 0. The lowest BCUT2D eigenvalue weighted by atomic mass is 9.96. The SMILES string of the molecule is Cc1nc2ccccn2c1/C(O)=C1\C(=O)C(=O)N(CCN2CCOCC2)[C@H]1c1ccc(Cl)cc1. The molecule has 34 heavy (non-hydrogen) atoms. The quantitative estimate of drug-likeness (QED) is 0.343. The monoisotopic (exact) mass is 480 g/mol. The van der Waals surface area contributed by atoms with Crippen LogP contribution in [-0.2, 0) is 14.3 Å². The summed E-state index contributed by atoms with van der Waals surface area (Å²) in [6.45, 7) is 5.57. The number of carbonyl (C=O) groups is 2. The number of ketones is 1. The fourth-order valence-electron chi connectivity index (χ4n) is 4.70. The van der Waals surface area contributed by atoms with Gasteiger partial charge in [0, 0.05) is 37.4 Å². The number of pyridine rings is 1. The summed E-state index contributed by atoms with van der Waals surface area (Å²) in [5.41, 5.74) is 2.38. The van der Waals surface area contributed by atoms with E-state index in [1.54, 1.807) is 46.7 Å². The van der Waals surface area contributed by atoms with Crippen LogP contribution in [0.1, 0.15) is 23.0 Å². The number of benzene rings is 1. The van der Waals surface area contributed by atoms with E-state index in [9.17, 15) is 14.7 Å². The Hall–Kier alpha value is -3.20. The molecule has 0 radical (unpaired) electrons. The smallest absolute Gasteiger partial charge is 0.295 e. The number of morpholine rings is 1. The van der Waals surface area contributed by atoms with Gasteiger partial charge in [-0.3, -0.25) is 18.9 Å². The lowest BCUT2D eigenvalue weighted by Crippen LogP contribution is -2.42. The standard InChI is InChI=1S/C25H25ClN4O4/c1-16-21(29-9-3-2-4-19(29)27-16)23(31)20-22(17-5-7-18(26)8-6-17)30(25(33)24(20)32)11-10-28-12-14-34-15-13-28/h2-9,22,31H,10-15H2,1H3/b23-20+/t22-/m0/s1. The molecule has 1 N–H and O–H groups in total. The molecule has 5 rings (SSSR count). The molecule has 176 valence electrons. The molecule has 1 atom stereocenters. The molecule has 1 aromatic carbocycles. The van der Waals surface area contributed by atoms with Crippen LogP contribution in [0.3, 0.4) is 0 Å². The summed E-state index contributed by atoms with van der Waals surface area (Å²) in [4.78, 5) is 34.8. The molecule has 2 aliphatic rings. The molecule has 2 aromatic heterocycles. The minimum Gasteiger partial charge on any atom is -0.505 e. The van der Waals surface area contributed by atoms with E-state index in [1.807, 2.05) is 18.2 Å². The lowest BCUT2D eigenvalue weighted by molar-refractivity contribution is -0.140. The van der Waals surface area contributed by atoms with E-state index in [0.717, 1.165) is 13.1 Å². The number of carbonyl (C=O) groups excluding carboxylic acids is 2. The number of aryl methyl sites for hydroxylation is 1. The van der Waals surface area contributed by atoms with Crippen molar-refractivity contribution in [1.29, 1.82) is 0 Å². The molecular weight excluding hydrogens is 456 g/mol. The summed E-state index contributed by atoms with van der Waals surface area (Å²) in [5.74, 6) is -1.56. The first-order valence-electron chi connectivity index (χ1n) is 11.2. The number of hydrogen-bond acceptors (Lipinski definition) is 6. The largest absolute Gasteiger partial charge is 0.505 e. The van der Waals surface area contributed by atoms with E-state index in [2.05, 4.69) is 9.88 Å². The maximum atomic E-state index is 13.3. The van der Waals surface area contributed by atoms with Gasteiger partial charge in [-0.2, -0.15) is 0 Å². The number of aliphatic hydroxyl groups excluding tert-OH is 1. The predicted molar refractivity (Wildman–Crippen MR) is 128 cm³/mol. The van der Waals surface area contributed by atoms with Crippen molar-refractivity contribution < 1.29 is 19.4 Å². The van der Waals surface area contributed by atoms with Crippen molar-refractivity contribution in [2.45, 2.75) is 13.0 Å². The Bertz CT molecular complexity index is 1280. The predicted octanol–water partition coefficient (Wildman–Crippen LogP) is 3.05. The number of amides is 1. The molecule has 9 heteroatoms. The van der Waals surface area contributed by atoms with Crippen LogP contribution in [0.4, 0.5) is 0 Å². The second-order valence-corrected chi connectivity index (χ2v) is 8.91. The molecule has 0 unspecified atom stereocenters. The maximum absolute atomic E-state index is 13.3. The Balaban J connectivity index is 1.60. The van der Waals surface area contributed by atoms with Crippen molar-refractivity contribution >= 4 is 34.7 Å². The van der Waals surface area contributed by atoms with Gasteiger partial charge in [-0.05, 0) is 36.8 Å². The van der Waals surface area contributed by atoms with E-state index in [-0.39, 0.29) is 11.3 Å². The van der Waals surface area contributed by atoms with Crippen LogP contribution in [0.5, 0.6) is 0 Å². The van der Waals surface area contributed by atoms with Crippen LogP contribution in [0.25, 0.3) is 11.4 Å². The van der Waals surface area contributed by atoms with Crippen LogP contribution in [0.2, 0.25) is 5.02 Å². The molecule has 2 saturated heterocycles. The number of fused-ring (bicyclic) bond motifs is 1. The fourth-order valence-corrected chi connectivity index (χ4v) is 4.83. The Kier molecular flexibility index (Phi) is 6.12. The number of hydrogen-bond donors (Lipinski definition) is 1. The maximum Gasteiger partial charge on any atom is 0.295 e. The minimum absolute atomic E-state index is 0.0584. The zero-order chi connectivity index (χ0) is 23.8. The molecule has 0 aliphatic carbocycles. The zero-order valence-corrected chi connectivity index (χ0v) is 19.5. The Morgan fingerprint density at radius 1 is 1.12 bits per heavy atom. The van der Waals surface area contributed by atoms with E-state index < -0.39 is 17.7 Å². The fraction of sp³-hybridized carbons (Fsp3) is 0.320. The van der Waals surface area contributed by atoms with Crippen LogP contribution in [0, 0.1) is 6.92 Å². The van der Waals surface area contributed by atoms with Crippen molar-refractivity contribution in [1.82, 2.24) is 19.2 Å². The molecule has 2 aliphatic heterocycles. The Morgan fingerprint density at radius 2 is 1.85 bits per heavy atom. The summed E-state index contributed by atoms with van der Waals surface area (Å²) in [6, 6.07) is 11.8. The third-order valence-electron chi connectivity index (χ3n) is 6.42. The molecule has 0 spiro atoms. The first-order chi connectivity index (χ1) is 16.5. The van der Waals surface area contributed by atoms with E-state index in [4.69, 9.17) is 16.3 Å². The number of aliphatic hydroxyl groups is 1. The van der Waals surface area contributed by atoms with Crippen LogP contribution in [-0.4, -0.2) is 75.4 Å². The highest BCUT2D eigenvalue weighted by Crippen LogP contribution is 2.40. The zero-order valence-electron chi connectivity index (χ0n) is 18.8. The molecule has 0 bridgehead atoms. The van der Waals surface area contributed by atoms with Gasteiger partial charge in [0.15, 0.2) is 5.76 Å². The van der Waals surface area contributed by atoms with Crippen LogP contribution >= 0.6 is 11.6 Å². The van der Waals surface area contributed by atoms with Crippen molar-refractivity contribution in [2.24, 2.45) is 0 Å². The minimum atomic E-state index is -0.730. The van der Waals surface area contributed by atoms with Gasteiger partial charge in [0.05, 0.1) is 30.5 Å². The van der Waals surface area contributed by atoms with Crippen LogP contribution in [0.15, 0.2) is 54.2 Å². The first-order valence-corrected chi connectivity index (χ1v) is 11.6. The van der Waals surface area contributed by atoms with Crippen molar-refractivity contribution in [2.75, 3.05) is 39.4 Å². The molecule has 2 fully saturated rings. The van der Waals surface area contributed by atoms with Gasteiger partial charge in [0.25, 0.3) is 11.7 Å². The highest BCUT2D eigenvalue weighted by atomic mass is 35.5. The van der Waals surface area contributed by atoms with Gasteiger partial charge in [0.1, 0.15) is 11.3 Å². The molecule has 4 heterocycles. The molecule has 1 amide bonds. The average molecular weight is 481 g/mol. The number of Topliss-reactive ketones (excluding diaryl/α,β-unsaturated/α-hetero) is 1. The number of ether oxygens (including phenoxy) is 1. The second kappa shape index (κ2) is 9.21. The summed E-state index contributed by atoms with van der Waals surface area (Å²) in [5, 5.41) is 12.0. The number of rotatable bonds is 5. The van der Waals surface area contributed by atoms with E-state index >= 15 is 0 Å². The van der Waals surface area contributed by atoms with Crippen molar-refractivity contribution in [3.05, 3.63) is 76.2 Å². The molecule has 0 saturated carbocycles. The number of aromatic nitrogens is 2. The molecule has 3 aromatic rings. The normalized spacial score (nSPS) is 21.0. The second-order valence-electron chi connectivity index (χ2n) is 8.47.